The molecular formula is C24H27Cl2N3O5S. The second-order valence-corrected chi connectivity index (χ2v) is 10.7. The minimum absolute atomic E-state index is 0.00495. The van der Waals surface area contributed by atoms with Gasteiger partial charge < -0.3 is 10.2 Å². The first-order valence-electron chi connectivity index (χ1n) is 11.3. The second kappa shape index (κ2) is 11.4. The standard InChI is InChI=1S/C24H27Cl2N3O5S/c1-3-5-13-27-23(31)20(4-2)28(14-17-18(25)10-8-11-19(17)26)22(30)15-29-24(32)16-9-6-7-12-21(16)35(29,33)34/h6-12,20H,3-5,13-15H2,1-2H3,(H,27,31)/t20-/m1/s1. The highest BCUT2D eigenvalue weighted by Crippen LogP contribution is 2.31. The Hall–Kier alpha value is -2.62. The zero-order valence-electron chi connectivity index (χ0n) is 19.5. The van der Waals surface area contributed by atoms with E-state index in [0.717, 1.165) is 12.8 Å². The molecule has 3 rings (SSSR count). The zero-order chi connectivity index (χ0) is 25.8. The molecule has 1 aliphatic rings. The van der Waals surface area contributed by atoms with Crippen molar-refractivity contribution in [2.24, 2.45) is 0 Å². The Kier molecular flexibility index (Phi) is 8.79. The summed E-state index contributed by atoms with van der Waals surface area (Å²) in [5, 5.41) is 3.42. The third-order valence-corrected chi connectivity index (χ3v) is 8.29. The molecule has 0 aliphatic carbocycles. The number of halogens is 2. The predicted molar refractivity (Wildman–Crippen MR) is 134 cm³/mol. The quantitative estimate of drug-likeness (QED) is 0.461. The smallest absolute Gasteiger partial charge is 0.269 e. The molecule has 0 unspecified atom stereocenters. The molecule has 3 amide bonds. The Morgan fingerprint density at radius 3 is 2.31 bits per heavy atom. The number of fused-ring (bicyclic) bond motifs is 1. The lowest BCUT2D eigenvalue weighted by atomic mass is 10.1. The van der Waals surface area contributed by atoms with E-state index in [1.165, 1.54) is 23.1 Å². The van der Waals surface area contributed by atoms with Crippen LogP contribution in [0.5, 0.6) is 0 Å². The van der Waals surface area contributed by atoms with Gasteiger partial charge in [0.2, 0.25) is 11.8 Å². The van der Waals surface area contributed by atoms with Crippen molar-refractivity contribution in [3.05, 3.63) is 63.6 Å². The maximum absolute atomic E-state index is 13.5. The molecule has 0 fully saturated rings. The average molecular weight is 540 g/mol. The van der Waals surface area contributed by atoms with Crippen LogP contribution in [0.2, 0.25) is 10.0 Å². The molecule has 2 aromatic rings. The summed E-state index contributed by atoms with van der Waals surface area (Å²) in [5.74, 6) is -1.88. The number of hydrogen-bond acceptors (Lipinski definition) is 5. The molecule has 1 atom stereocenters. The Bertz CT molecular complexity index is 1220. The Balaban J connectivity index is 1.94. The van der Waals surface area contributed by atoms with Gasteiger partial charge in [-0.2, -0.15) is 0 Å². The van der Waals surface area contributed by atoms with Gasteiger partial charge in [-0.05, 0) is 37.1 Å². The highest BCUT2D eigenvalue weighted by atomic mass is 35.5. The summed E-state index contributed by atoms with van der Waals surface area (Å²) >= 11 is 12.6. The largest absolute Gasteiger partial charge is 0.354 e. The van der Waals surface area contributed by atoms with Crippen LogP contribution in [0.3, 0.4) is 0 Å². The summed E-state index contributed by atoms with van der Waals surface area (Å²) in [7, 11) is -4.20. The molecule has 188 valence electrons. The van der Waals surface area contributed by atoms with Gasteiger partial charge in [0.1, 0.15) is 17.5 Å². The number of nitrogens with one attached hydrogen (secondary N) is 1. The van der Waals surface area contributed by atoms with Crippen LogP contribution in [0, 0.1) is 0 Å². The normalized spacial score (nSPS) is 15.0. The van der Waals surface area contributed by atoms with Crippen molar-refractivity contribution < 1.29 is 22.8 Å². The van der Waals surface area contributed by atoms with E-state index in [1.807, 2.05) is 6.92 Å². The van der Waals surface area contributed by atoms with Crippen LogP contribution in [-0.2, 0) is 26.2 Å². The molecular weight excluding hydrogens is 513 g/mol. The molecule has 0 radical (unpaired) electrons. The third kappa shape index (κ3) is 5.63. The number of amides is 3. The van der Waals surface area contributed by atoms with Crippen molar-refractivity contribution in [2.75, 3.05) is 13.1 Å². The van der Waals surface area contributed by atoms with Crippen molar-refractivity contribution in [3.8, 4) is 0 Å². The minimum atomic E-state index is -4.20. The van der Waals surface area contributed by atoms with Crippen LogP contribution in [0.15, 0.2) is 47.4 Å². The van der Waals surface area contributed by atoms with E-state index >= 15 is 0 Å². The molecule has 2 aromatic carbocycles. The molecule has 1 N–H and O–H groups in total. The van der Waals surface area contributed by atoms with Gasteiger partial charge in [-0.1, -0.05) is 61.7 Å². The maximum Gasteiger partial charge on any atom is 0.269 e. The second-order valence-electron chi connectivity index (χ2n) is 8.10. The van der Waals surface area contributed by atoms with E-state index in [2.05, 4.69) is 5.32 Å². The summed E-state index contributed by atoms with van der Waals surface area (Å²) in [6.45, 7) is 3.29. The molecule has 35 heavy (non-hydrogen) atoms. The molecule has 0 spiro atoms. The van der Waals surface area contributed by atoms with Crippen molar-refractivity contribution in [1.29, 1.82) is 0 Å². The topological polar surface area (TPSA) is 104 Å². The van der Waals surface area contributed by atoms with Gasteiger partial charge in [0.05, 0.1) is 5.56 Å². The van der Waals surface area contributed by atoms with E-state index in [9.17, 15) is 22.8 Å². The summed E-state index contributed by atoms with van der Waals surface area (Å²) in [4.78, 5) is 40.5. The van der Waals surface area contributed by atoms with E-state index in [4.69, 9.17) is 23.2 Å². The maximum atomic E-state index is 13.5. The van der Waals surface area contributed by atoms with Crippen LogP contribution in [0.25, 0.3) is 0 Å². The molecule has 11 heteroatoms. The van der Waals surface area contributed by atoms with Crippen LogP contribution < -0.4 is 5.32 Å². The Morgan fingerprint density at radius 2 is 1.71 bits per heavy atom. The van der Waals surface area contributed by atoms with Gasteiger partial charge in [0.25, 0.3) is 15.9 Å². The van der Waals surface area contributed by atoms with Crippen LogP contribution in [0.1, 0.15) is 49.0 Å². The average Bonchev–Trinajstić information content (AvgIpc) is 3.01. The van der Waals surface area contributed by atoms with Crippen molar-refractivity contribution in [1.82, 2.24) is 14.5 Å². The first-order valence-corrected chi connectivity index (χ1v) is 13.5. The number of hydrogen-bond donors (Lipinski definition) is 1. The van der Waals surface area contributed by atoms with Crippen molar-refractivity contribution >= 4 is 50.9 Å². The fourth-order valence-corrected chi connectivity index (χ4v) is 5.92. The molecule has 0 aromatic heterocycles. The fraction of sp³-hybridized carbons (Fsp3) is 0.375. The lowest BCUT2D eigenvalue weighted by Crippen LogP contribution is -2.52. The van der Waals surface area contributed by atoms with E-state index in [1.54, 1.807) is 31.2 Å². The van der Waals surface area contributed by atoms with Crippen LogP contribution in [0.4, 0.5) is 0 Å². The van der Waals surface area contributed by atoms with Crippen molar-refractivity contribution in [3.63, 3.8) is 0 Å². The van der Waals surface area contributed by atoms with Gasteiger partial charge in [-0.3, -0.25) is 14.4 Å². The Morgan fingerprint density at radius 1 is 1.06 bits per heavy atom. The molecule has 8 nitrogen and oxygen atoms in total. The summed E-state index contributed by atoms with van der Waals surface area (Å²) < 4.78 is 26.5. The van der Waals surface area contributed by atoms with Gasteiger partial charge in [0, 0.05) is 28.7 Å². The summed E-state index contributed by atoms with van der Waals surface area (Å²) in [5.41, 5.74) is 0.424. The molecule has 0 bridgehead atoms. The van der Waals surface area contributed by atoms with Gasteiger partial charge in [-0.15, -0.1) is 0 Å². The highest BCUT2D eigenvalue weighted by Gasteiger charge is 2.43. The molecule has 0 saturated heterocycles. The number of carbonyl (C=O) groups excluding carboxylic acids is 3. The lowest BCUT2D eigenvalue weighted by Gasteiger charge is -2.32. The van der Waals surface area contributed by atoms with Crippen LogP contribution in [-0.4, -0.2) is 54.5 Å². The highest BCUT2D eigenvalue weighted by molar-refractivity contribution is 7.90. The number of rotatable bonds is 10. The van der Waals surface area contributed by atoms with Crippen molar-refractivity contribution in [2.45, 2.75) is 50.6 Å². The number of unbranched alkanes of at least 4 members (excludes halogenated alkanes) is 1. The SMILES string of the molecule is CCCCNC(=O)[C@@H](CC)N(Cc1c(Cl)cccc1Cl)C(=O)CN1C(=O)c2ccccc2S1(=O)=O. The molecule has 0 saturated carbocycles. The van der Waals surface area contributed by atoms with Gasteiger partial charge in [-0.25, -0.2) is 12.7 Å². The first kappa shape index (κ1) is 27.0. The number of carbonyl (C=O) groups is 3. The molecule has 1 heterocycles. The predicted octanol–water partition coefficient (Wildman–Crippen LogP) is 3.86. The molecule has 1 aliphatic heterocycles. The van der Waals surface area contributed by atoms with E-state index in [0.29, 0.717) is 26.5 Å². The zero-order valence-corrected chi connectivity index (χ0v) is 21.8. The summed E-state index contributed by atoms with van der Waals surface area (Å²) in [6, 6.07) is 9.74. The fourth-order valence-electron chi connectivity index (χ4n) is 3.88. The van der Waals surface area contributed by atoms with Crippen LogP contribution >= 0.6 is 23.2 Å². The minimum Gasteiger partial charge on any atom is -0.354 e. The lowest BCUT2D eigenvalue weighted by molar-refractivity contribution is -0.141. The number of benzene rings is 2. The number of sulfonamides is 1. The Labute approximate surface area is 215 Å². The number of nitrogens with zero attached hydrogens (tertiary/aromatic N) is 2. The summed E-state index contributed by atoms with van der Waals surface area (Å²) in [6.07, 6.45) is 1.91. The van der Waals surface area contributed by atoms with E-state index < -0.39 is 34.4 Å². The monoisotopic (exact) mass is 539 g/mol. The van der Waals surface area contributed by atoms with Gasteiger partial charge in [0.15, 0.2) is 0 Å². The third-order valence-electron chi connectivity index (χ3n) is 5.80. The van der Waals surface area contributed by atoms with E-state index in [-0.39, 0.29) is 29.3 Å². The van der Waals surface area contributed by atoms with Gasteiger partial charge >= 0.3 is 0 Å². The first-order chi connectivity index (χ1) is 16.6.